The number of amides is 1. The van der Waals surface area contributed by atoms with Gasteiger partial charge in [0, 0.05) is 29.9 Å². The minimum absolute atomic E-state index is 0.206. The van der Waals surface area contributed by atoms with Gasteiger partial charge in [0.2, 0.25) is 5.82 Å². The highest BCUT2D eigenvalue weighted by atomic mass is 16.7. The number of nitrogens with one attached hydrogen (secondary N) is 1. The van der Waals surface area contributed by atoms with Gasteiger partial charge in [-0.05, 0) is 63.9 Å². The smallest absolute Gasteiger partial charge is 0.405 e. The highest BCUT2D eigenvalue weighted by molar-refractivity contribution is 5.74. The third-order valence-corrected chi connectivity index (χ3v) is 6.84. The molecule has 208 valence electrons. The van der Waals surface area contributed by atoms with Crippen molar-refractivity contribution in [3.8, 4) is 34.3 Å². The Balaban J connectivity index is 1.40. The van der Waals surface area contributed by atoms with Gasteiger partial charge in [-0.3, -0.25) is 0 Å². The standard InChI is InChI=1S/C28H34N4O7/c1-5-35-22-11-10-18(14-23(22)36-6-2)25-29-24(31-39-25)20-8-7-9-21-19(20)12-13-32(21)15-28(30-26(33)34)16-37-27(3,4)38-17-28/h7-11,14,30H,5-6,12-13,15-17H2,1-4H3,(H,33,34). The molecule has 5 rings (SSSR count). The molecule has 1 aromatic heterocycles. The predicted octanol–water partition coefficient (Wildman–Crippen LogP) is 4.35. The SMILES string of the molecule is CCOc1ccc(-c2nc(-c3cccc4c3CCN4CC3(NC(=O)O)COC(C)(C)OC3)no2)cc1OCC. The van der Waals surface area contributed by atoms with Crippen molar-refractivity contribution in [1.29, 1.82) is 0 Å². The van der Waals surface area contributed by atoms with Gasteiger partial charge in [0.05, 0.1) is 26.4 Å². The summed E-state index contributed by atoms with van der Waals surface area (Å²) in [5, 5.41) is 16.5. The third-order valence-electron chi connectivity index (χ3n) is 6.84. The molecule has 0 bridgehead atoms. The van der Waals surface area contributed by atoms with Crippen molar-refractivity contribution in [2.45, 2.75) is 45.4 Å². The van der Waals surface area contributed by atoms with Crippen LogP contribution >= 0.6 is 0 Å². The molecule has 2 N–H and O–H groups in total. The molecule has 11 nitrogen and oxygen atoms in total. The zero-order valence-electron chi connectivity index (χ0n) is 22.7. The van der Waals surface area contributed by atoms with Gasteiger partial charge >= 0.3 is 6.09 Å². The molecule has 0 atom stereocenters. The Labute approximate surface area is 227 Å². The maximum Gasteiger partial charge on any atom is 0.405 e. The summed E-state index contributed by atoms with van der Waals surface area (Å²) < 4.78 is 28.7. The molecule has 3 aromatic rings. The van der Waals surface area contributed by atoms with E-state index in [-0.39, 0.29) is 13.2 Å². The zero-order valence-corrected chi connectivity index (χ0v) is 22.7. The van der Waals surface area contributed by atoms with Crippen LogP contribution in [0.5, 0.6) is 11.5 Å². The molecule has 0 saturated carbocycles. The van der Waals surface area contributed by atoms with Crippen LogP contribution in [0.3, 0.4) is 0 Å². The fourth-order valence-electron chi connectivity index (χ4n) is 5.01. The highest BCUT2D eigenvalue weighted by Crippen LogP contribution is 2.38. The van der Waals surface area contributed by atoms with Gasteiger partial charge < -0.3 is 38.8 Å². The fourth-order valence-corrected chi connectivity index (χ4v) is 5.01. The Morgan fingerprint density at radius 3 is 2.56 bits per heavy atom. The van der Waals surface area contributed by atoms with E-state index >= 15 is 0 Å². The van der Waals surface area contributed by atoms with Crippen LogP contribution in [0, 0.1) is 0 Å². The molecule has 39 heavy (non-hydrogen) atoms. The number of carboxylic acid groups (broad SMARTS) is 1. The average molecular weight is 539 g/mol. The second-order valence-corrected chi connectivity index (χ2v) is 10.1. The Morgan fingerprint density at radius 2 is 1.85 bits per heavy atom. The van der Waals surface area contributed by atoms with Gasteiger partial charge in [-0.1, -0.05) is 17.3 Å². The van der Waals surface area contributed by atoms with Gasteiger partial charge in [-0.25, -0.2) is 4.79 Å². The lowest BCUT2D eigenvalue weighted by atomic mass is 9.99. The molecule has 3 heterocycles. The maximum absolute atomic E-state index is 11.6. The quantitative estimate of drug-likeness (QED) is 0.406. The first kappa shape index (κ1) is 26.8. The van der Waals surface area contributed by atoms with Crippen molar-refractivity contribution >= 4 is 11.8 Å². The number of rotatable bonds is 9. The average Bonchev–Trinajstić information content (AvgIpc) is 3.55. The second kappa shape index (κ2) is 10.7. The van der Waals surface area contributed by atoms with E-state index in [4.69, 9.17) is 28.5 Å². The summed E-state index contributed by atoms with van der Waals surface area (Å²) in [6.07, 6.45) is -0.361. The van der Waals surface area contributed by atoms with Gasteiger partial charge in [0.25, 0.3) is 5.89 Å². The van der Waals surface area contributed by atoms with E-state index < -0.39 is 17.4 Å². The van der Waals surface area contributed by atoms with E-state index in [2.05, 4.69) is 15.4 Å². The lowest BCUT2D eigenvalue weighted by Gasteiger charge is -2.45. The van der Waals surface area contributed by atoms with Crippen LogP contribution in [0.25, 0.3) is 22.8 Å². The van der Waals surface area contributed by atoms with Crippen molar-refractivity contribution in [3.05, 3.63) is 42.0 Å². The van der Waals surface area contributed by atoms with Crippen LogP contribution in [-0.2, 0) is 15.9 Å². The fraction of sp³-hybridized carbons (Fsp3) is 0.464. The topological polar surface area (TPSA) is 128 Å². The monoisotopic (exact) mass is 538 g/mol. The number of aromatic nitrogens is 2. The molecule has 2 aromatic carbocycles. The number of hydrogen-bond donors (Lipinski definition) is 2. The van der Waals surface area contributed by atoms with E-state index in [0.717, 1.165) is 28.8 Å². The summed E-state index contributed by atoms with van der Waals surface area (Å²) in [6.45, 7) is 10.0. The van der Waals surface area contributed by atoms with Crippen LogP contribution in [-0.4, -0.2) is 72.2 Å². The van der Waals surface area contributed by atoms with Gasteiger partial charge in [-0.15, -0.1) is 0 Å². The normalized spacial score (nSPS) is 17.5. The zero-order chi connectivity index (χ0) is 27.6. The van der Waals surface area contributed by atoms with E-state index in [1.807, 2.05) is 64.1 Å². The molecule has 2 aliphatic rings. The number of ether oxygens (including phenoxy) is 4. The lowest BCUT2D eigenvalue weighted by Crippen LogP contribution is -2.65. The molecule has 1 saturated heterocycles. The van der Waals surface area contributed by atoms with Gasteiger partial charge in [0.1, 0.15) is 5.54 Å². The summed E-state index contributed by atoms with van der Waals surface area (Å²) in [6, 6.07) is 11.5. The molecule has 0 spiro atoms. The molecular weight excluding hydrogens is 504 g/mol. The second-order valence-electron chi connectivity index (χ2n) is 10.1. The molecule has 2 aliphatic heterocycles. The molecule has 0 unspecified atom stereocenters. The largest absolute Gasteiger partial charge is 0.490 e. The van der Waals surface area contributed by atoms with Crippen LogP contribution in [0.1, 0.15) is 33.3 Å². The van der Waals surface area contributed by atoms with Crippen LogP contribution in [0.15, 0.2) is 40.9 Å². The first-order valence-corrected chi connectivity index (χ1v) is 13.1. The van der Waals surface area contributed by atoms with Crippen LogP contribution in [0.4, 0.5) is 10.5 Å². The van der Waals surface area contributed by atoms with E-state index in [9.17, 15) is 9.90 Å². The van der Waals surface area contributed by atoms with E-state index in [0.29, 0.717) is 49.5 Å². The summed E-state index contributed by atoms with van der Waals surface area (Å²) in [7, 11) is 0. The van der Waals surface area contributed by atoms with Crippen LogP contribution in [0.2, 0.25) is 0 Å². The summed E-state index contributed by atoms with van der Waals surface area (Å²) >= 11 is 0. The molecule has 0 aliphatic carbocycles. The summed E-state index contributed by atoms with van der Waals surface area (Å²) in [4.78, 5) is 18.5. The Kier molecular flexibility index (Phi) is 7.37. The number of benzene rings is 2. The lowest BCUT2D eigenvalue weighted by molar-refractivity contribution is -0.268. The van der Waals surface area contributed by atoms with Crippen molar-refractivity contribution in [3.63, 3.8) is 0 Å². The van der Waals surface area contributed by atoms with Crippen LogP contribution < -0.4 is 19.7 Å². The number of carbonyl (C=O) groups is 1. The molecule has 0 radical (unpaired) electrons. The molecule has 1 fully saturated rings. The number of nitrogens with zero attached hydrogens (tertiary/aromatic N) is 3. The van der Waals surface area contributed by atoms with E-state index in [1.165, 1.54) is 0 Å². The molecule has 11 heteroatoms. The molecular formula is C28H34N4O7. The minimum Gasteiger partial charge on any atom is -0.490 e. The maximum atomic E-state index is 11.6. The van der Waals surface area contributed by atoms with Crippen molar-refractivity contribution in [2.75, 3.05) is 44.4 Å². The summed E-state index contributed by atoms with van der Waals surface area (Å²) in [5.74, 6) is 1.39. The Morgan fingerprint density at radius 1 is 1.10 bits per heavy atom. The first-order valence-electron chi connectivity index (χ1n) is 13.1. The first-order chi connectivity index (χ1) is 18.7. The van der Waals surface area contributed by atoms with Crippen molar-refractivity contribution in [2.24, 2.45) is 0 Å². The van der Waals surface area contributed by atoms with Gasteiger partial charge in [-0.2, -0.15) is 4.98 Å². The third kappa shape index (κ3) is 5.64. The minimum atomic E-state index is -1.11. The Bertz CT molecular complexity index is 1330. The Hall–Kier alpha value is -3.83. The highest BCUT2D eigenvalue weighted by Gasteiger charge is 2.43. The van der Waals surface area contributed by atoms with E-state index in [1.54, 1.807) is 0 Å². The summed E-state index contributed by atoms with van der Waals surface area (Å²) in [5.41, 5.74) is 2.78. The number of fused-ring (bicyclic) bond motifs is 1. The number of anilines is 1. The predicted molar refractivity (Wildman–Crippen MR) is 143 cm³/mol. The van der Waals surface area contributed by atoms with Crippen molar-refractivity contribution in [1.82, 2.24) is 15.5 Å². The van der Waals surface area contributed by atoms with Gasteiger partial charge in [0.15, 0.2) is 17.3 Å². The molecule has 1 amide bonds. The van der Waals surface area contributed by atoms with Crippen molar-refractivity contribution < 1.29 is 33.4 Å². The number of hydrogen-bond acceptors (Lipinski definition) is 9.